The number of aromatic nitrogens is 3. The normalized spacial score (nSPS) is 15.5. The van der Waals surface area contributed by atoms with Gasteiger partial charge in [0.25, 0.3) is 0 Å². The Morgan fingerprint density at radius 2 is 2.24 bits per heavy atom. The highest BCUT2D eigenvalue weighted by molar-refractivity contribution is 7.99. The summed E-state index contributed by atoms with van der Waals surface area (Å²) in [5.41, 5.74) is 0. The van der Waals surface area contributed by atoms with Crippen LogP contribution in [0.5, 0.6) is 0 Å². The molecule has 0 radical (unpaired) electrons. The van der Waals surface area contributed by atoms with Crippen molar-refractivity contribution in [3.63, 3.8) is 0 Å². The number of rotatable bonds is 6. The van der Waals surface area contributed by atoms with Crippen LogP contribution >= 0.6 is 11.8 Å². The first-order valence-corrected chi connectivity index (χ1v) is 6.85. The van der Waals surface area contributed by atoms with Gasteiger partial charge in [-0.3, -0.25) is 4.79 Å². The van der Waals surface area contributed by atoms with E-state index in [4.69, 9.17) is 5.11 Å². The Labute approximate surface area is 105 Å². The maximum absolute atomic E-state index is 10.6. The molecule has 1 fully saturated rings. The third-order valence-corrected chi connectivity index (χ3v) is 3.49. The minimum absolute atomic E-state index is 0.0481. The van der Waals surface area contributed by atoms with E-state index in [9.17, 15) is 4.79 Å². The molecule has 1 aromatic heterocycles. The van der Waals surface area contributed by atoms with Gasteiger partial charge in [-0.05, 0) is 18.8 Å². The molecule has 1 saturated carbocycles. The number of carboxylic acid groups (broad SMARTS) is 1. The quantitative estimate of drug-likeness (QED) is 0.787. The lowest BCUT2D eigenvalue weighted by Gasteiger charge is -2.09. The molecule has 0 atom stereocenters. The highest BCUT2D eigenvalue weighted by Gasteiger charge is 2.29. The van der Waals surface area contributed by atoms with Gasteiger partial charge in [0.2, 0.25) is 0 Å². The topological polar surface area (TPSA) is 68.0 Å². The zero-order valence-corrected chi connectivity index (χ0v) is 10.9. The molecule has 0 unspecified atom stereocenters. The lowest BCUT2D eigenvalue weighted by atomic mass is 10.1. The zero-order valence-electron chi connectivity index (χ0n) is 10.1. The molecule has 5 nitrogen and oxygen atoms in total. The van der Waals surface area contributed by atoms with Crippen molar-refractivity contribution in [1.29, 1.82) is 0 Å². The minimum atomic E-state index is -0.814. The molecule has 1 aliphatic carbocycles. The van der Waals surface area contributed by atoms with Crippen molar-refractivity contribution in [2.75, 3.05) is 5.75 Å². The molecule has 0 spiro atoms. The van der Waals surface area contributed by atoms with Gasteiger partial charge in [0, 0.05) is 12.5 Å². The van der Waals surface area contributed by atoms with Crippen LogP contribution in [0.3, 0.4) is 0 Å². The Bertz CT molecular complexity index is 413. The molecule has 0 bridgehead atoms. The second kappa shape index (κ2) is 5.08. The van der Waals surface area contributed by atoms with Crippen LogP contribution in [0, 0.1) is 5.92 Å². The van der Waals surface area contributed by atoms with Crippen molar-refractivity contribution in [1.82, 2.24) is 14.8 Å². The lowest BCUT2D eigenvalue weighted by molar-refractivity contribution is -0.133. The van der Waals surface area contributed by atoms with E-state index in [1.807, 2.05) is 0 Å². The number of hydrogen-bond donors (Lipinski definition) is 1. The predicted molar refractivity (Wildman–Crippen MR) is 65.2 cm³/mol. The van der Waals surface area contributed by atoms with Gasteiger partial charge >= 0.3 is 5.97 Å². The first-order chi connectivity index (χ1) is 8.08. The summed E-state index contributed by atoms with van der Waals surface area (Å²) in [5.74, 6) is 0.766. The predicted octanol–water partition coefficient (Wildman–Crippen LogP) is 1.99. The highest BCUT2D eigenvalue weighted by Crippen LogP contribution is 2.39. The fourth-order valence-corrected chi connectivity index (χ4v) is 2.48. The van der Waals surface area contributed by atoms with Gasteiger partial charge in [0.05, 0.1) is 5.75 Å². The van der Waals surface area contributed by atoms with Crippen LogP contribution in [0.4, 0.5) is 0 Å². The molecular formula is C11H17N3O2S. The van der Waals surface area contributed by atoms with E-state index >= 15 is 0 Å². The van der Waals surface area contributed by atoms with Crippen molar-refractivity contribution in [2.24, 2.45) is 5.92 Å². The van der Waals surface area contributed by atoms with Crippen molar-refractivity contribution >= 4 is 17.7 Å². The standard InChI is InChI=1S/C11H17N3O2S/c1-7(2)5-9-12-13-11(17-6-10(15)16)14(9)8-3-4-8/h7-8H,3-6H2,1-2H3,(H,15,16). The van der Waals surface area contributed by atoms with Gasteiger partial charge in [-0.25, -0.2) is 0 Å². The number of nitrogens with zero attached hydrogens (tertiary/aromatic N) is 3. The lowest BCUT2D eigenvalue weighted by Crippen LogP contribution is -2.07. The Morgan fingerprint density at radius 3 is 2.76 bits per heavy atom. The Kier molecular flexibility index (Phi) is 3.71. The smallest absolute Gasteiger partial charge is 0.313 e. The van der Waals surface area contributed by atoms with Crippen molar-refractivity contribution in [3.05, 3.63) is 5.82 Å². The second-order valence-electron chi connectivity index (χ2n) is 4.78. The summed E-state index contributed by atoms with van der Waals surface area (Å²) in [6.45, 7) is 4.30. The summed E-state index contributed by atoms with van der Waals surface area (Å²) < 4.78 is 2.13. The van der Waals surface area contributed by atoms with Crippen LogP contribution in [0.2, 0.25) is 0 Å². The molecule has 6 heteroatoms. The van der Waals surface area contributed by atoms with Crippen LogP contribution in [0.25, 0.3) is 0 Å². The molecule has 94 valence electrons. The van der Waals surface area contributed by atoms with Crippen molar-refractivity contribution in [2.45, 2.75) is 44.3 Å². The van der Waals surface area contributed by atoms with Crippen LogP contribution in [-0.4, -0.2) is 31.6 Å². The third kappa shape index (κ3) is 3.21. The third-order valence-electron chi connectivity index (χ3n) is 2.56. The number of thioether (sulfide) groups is 1. The maximum atomic E-state index is 10.6. The number of carboxylic acids is 1. The largest absolute Gasteiger partial charge is 0.481 e. The molecule has 17 heavy (non-hydrogen) atoms. The van der Waals surface area contributed by atoms with E-state index in [-0.39, 0.29) is 5.75 Å². The molecule has 1 aliphatic rings. The van der Waals surface area contributed by atoms with Gasteiger partial charge in [0.1, 0.15) is 5.82 Å². The molecule has 1 heterocycles. The van der Waals surface area contributed by atoms with Crippen molar-refractivity contribution < 1.29 is 9.90 Å². The maximum Gasteiger partial charge on any atom is 0.313 e. The summed E-state index contributed by atoms with van der Waals surface area (Å²) >= 11 is 1.26. The Balaban J connectivity index is 2.14. The second-order valence-corrected chi connectivity index (χ2v) is 5.72. The molecule has 1 aromatic rings. The molecule has 0 amide bonds. The number of aliphatic carboxylic acids is 1. The number of carbonyl (C=O) groups is 1. The van der Waals surface area contributed by atoms with E-state index in [1.54, 1.807) is 0 Å². The first kappa shape index (κ1) is 12.4. The van der Waals surface area contributed by atoms with E-state index < -0.39 is 5.97 Å². The summed E-state index contributed by atoms with van der Waals surface area (Å²) in [4.78, 5) is 10.6. The Morgan fingerprint density at radius 1 is 1.53 bits per heavy atom. The fraction of sp³-hybridized carbons (Fsp3) is 0.727. The average molecular weight is 255 g/mol. The van der Waals surface area contributed by atoms with Gasteiger partial charge in [0.15, 0.2) is 5.16 Å². The summed E-state index contributed by atoms with van der Waals surface area (Å²) in [7, 11) is 0. The van der Waals surface area contributed by atoms with Crippen LogP contribution < -0.4 is 0 Å². The summed E-state index contributed by atoms with van der Waals surface area (Å²) in [6.07, 6.45) is 3.21. The van der Waals surface area contributed by atoms with Gasteiger partial charge in [-0.15, -0.1) is 10.2 Å². The molecular weight excluding hydrogens is 238 g/mol. The van der Waals surface area contributed by atoms with Gasteiger partial charge < -0.3 is 9.67 Å². The monoisotopic (exact) mass is 255 g/mol. The van der Waals surface area contributed by atoms with Gasteiger partial charge in [-0.1, -0.05) is 25.6 Å². The molecule has 0 saturated heterocycles. The average Bonchev–Trinajstić information content (AvgIpc) is 2.98. The summed E-state index contributed by atoms with van der Waals surface area (Å²) in [6, 6.07) is 0.495. The van der Waals surface area contributed by atoms with E-state index in [1.165, 1.54) is 11.8 Å². The van der Waals surface area contributed by atoms with E-state index in [2.05, 4.69) is 28.6 Å². The SMILES string of the molecule is CC(C)Cc1nnc(SCC(=O)O)n1C1CC1. The van der Waals surface area contributed by atoms with Crippen LogP contribution in [0.15, 0.2) is 5.16 Å². The molecule has 0 aromatic carbocycles. The van der Waals surface area contributed by atoms with E-state index in [0.717, 1.165) is 30.2 Å². The molecule has 2 rings (SSSR count). The zero-order chi connectivity index (χ0) is 12.4. The summed E-state index contributed by atoms with van der Waals surface area (Å²) in [5, 5.41) is 17.8. The van der Waals surface area contributed by atoms with Crippen molar-refractivity contribution in [3.8, 4) is 0 Å². The van der Waals surface area contributed by atoms with Gasteiger partial charge in [-0.2, -0.15) is 0 Å². The first-order valence-electron chi connectivity index (χ1n) is 5.86. The highest BCUT2D eigenvalue weighted by atomic mass is 32.2. The van der Waals surface area contributed by atoms with E-state index in [0.29, 0.717) is 12.0 Å². The molecule has 0 aliphatic heterocycles. The fourth-order valence-electron chi connectivity index (χ4n) is 1.74. The van der Waals surface area contributed by atoms with Crippen LogP contribution in [0.1, 0.15) is 38.6 Å². The molecule has 1 N–H and O–H groups in total. The minimum Gasteiger partial charge on any atom is -0.481 e. The van der Waals surface area contributed by atoms with Crippen LogP contribution in [-0.2, 0) is 11.2 Å². The number of hydrogen-bond acceptors (Lipinski definition) is 4. The Hall–Kier alpha value is -1.04.